The lowest BCUT2D eigenvalue weighted by Crippen LogP contribution is -2.38. The number of aromatic amines is 1. The predicted molar refractivity (Wildman–Crippen MR) is 114 cm³/mol. The summed E-state index contributed by atoms with van der Waals surface area (Å²) in [7, 11) is 2.24. The highest BCUT2D eigenvalue weighted by molar-refractivity contribution is 5.82. The number of fused-ring (bicyclic) bond motifs is 1. The minimum Gasteiger partial charge on any atom is -0.361 e. The molecular formula is C24H30FN3. The molecule has 3 aromatic rings. The van der Waals surface area contributed by atoms with Gasteiger partial charge in [-0.25, -0.2) is 4.39 Å². The van der Waals surface area contributed by atoms with Crippen molar-refractivity contribution in [3.05, 3.63) is 71.7 Å². The van der Waals surface area contributed by atoms with Gasteiger partial charge in [0.05, 0.1) is 0 Å². The fraction of sp³-hybridized carbons (Fsp3) is 0.417. The summed E-state index contributed by atoms with van der Waals surface area (Å²) in [5, 5.41) is 1.34. The molecule has 148 valence electrons. The molecule has 0 radical (unpaired) electrons. The summed E-state index contributed by atoms with van der Waals surface area (Å²) in [6.45, 7) is 5.57. The van der Waals surface area contributed by atoms with Gasteiger partial charge in [0.25, 0.3) is 0 Å². The monoisotopic (exact) mass is 379 g/mol. The standard InChI is InChI=1S/C24H30FN3/c1-27(18-21-16-26-24-5-3-2-4-23(21)24)17-20-11-14-28(15-12-20)13-10-19-6-8-22(25)9-7-19/h2-9,16,20,26H,10-15,17-18H2,1H3. The minimum atomic E-state index is -0.152. The average molecular weight is 380 g/mol. The Bertz CT molecular complexity index is 878. The van der Waals surface area contributed by atoms with Gasteiger partial charge < -0.3 is 14.8 Å². The first kappa shape index (κ1) is 19.2. The Balaban J connectivity index is 1.21. The highest BCUT2D eigenvalue weighted by Crippen LogP contribution is 2.22. The zero-order chi connectivity index (χ0) is 19.3. The number of hydrogen-bond donors (Lipinski definition) is 1. The van der Waals surface area contributed by atoms with Crippen LogP contribution in [0.1, 0.15) is 24.0 Å². The Morgan fingerprint density at radius 2 is 1.82 bits per heavy atom. The molecule has 0 spiro atoms. The van der Waals surface area contributed by atoms with Crippen LogP contribution in [0.3, 0.4) is 0 Å². The van der Waals surface area contributed by atoms with Crippen LogP contribution in [0.5, 0.6) is 0 Å². The van der Waals surface area contributed by atoms with Crippen molar-refractivity contribution in [1.82, 2.24) is 14.8 Å². The molecule has 28 heavy (non-hydrogen) atoms. The Morgan fingerprint density at radius 3 is 2.61 bits per heavy atom. The molecular weight excluding hydrogens is 349 g/mol. The lowest BCUT2D eigenvalue weighted by atomic mass is 9.95. The highest BCUT2D eigenvalue weighted by atomic mass is 19.1. The second-order valence-electron chi connectivity index (χ2n) is 8.22. The van der Waals surface area contributed by atoms with Crippen molar-refractivity contribution in [3.63, 3.8) is 0 Å². The fourth-order valence-corrected chi connectivity index (χ4v) is 4.39. The molecule has 1 aromatic heterocycles. The third-order valence-corrected chi connectivity index (χ3v) is 6.02. The first-order chi connectivity index (χ1) is 13.7. The summed E-state index contributed by atoms with van der Waals surface area (Å²) in [4.78, 5) is 8.40. The second-order valence-corrected chi connectivity index (χ2v) is 8.22. The van der Waals surface area contributed by atoms with Crippen molar-refractivity contribution >= 4 is 10.9 Å². The first-order valence-electron chi connectivity index (χ1n) is 10.4. The number of likely N-dealkylation sites (tertiary alicyclic amines) is 1. The third-order valence-electron chi connectivity index (χ3n) is 6.02. The number of aromatic nitrogens is 1. The molecule has 4 heteroatoms. The quantitative estimate of drug-likeness (QED) is 0.643. The molecule has 3 nitrogen and oxygen atoms in total. The van der Waals surface area contributed by atoms with Gasteiger partial charge in [0.1, 0.15) is 5.82 Å². The summed E-state index contributed by atoms with van der Waals surface area (Å²) < 4.78 is 13.0. The summed E-state index contributed by atoms with van der Waals surface area (Å²) in [5.41, 5.74) is 3.83. The van der Waals surface area contributed by atoms with E-state index in [1.54, 1.807) is 12.1 Å². The third kappa shape index (κ3) is 4.81. The smallest absolute Gasteiger partial charge is 0.123 e. The lowest BCUT2D eigenvalue weighted by Gasteiger charge is -2.34. The van der Waals surface area contributed by atoms with Crippen LogP contribution in [0.2, 0.25) is 0 Å². The number of hydrogen-bond acceptors (Lipinski definition) is 2. The highest BCUT2D eigenvalue weighted by Gasteiger charge is 2.20. The molecule has 1 fully saturated rings. The molecule has 0 amide bonds. The van der Waals surface area contributed by atoms with E-state index in [-0.39, 0.29) is 5.82 Å². The van der Waals surface area contributed by atoms with Gasteiger partial charge >= 0.3 is 0 Å². The molecule has 1 saturated heterocycles. The summed E-state index contributed by atoms with van der Waals surface area (Å²) in [6.07, 6.45) is 5.69. The molecule has 0 aliphatic carbocycles. The van der Waals surface area contributed by atoms with Crippen LogP contribution in [0.4, 0.5) is 4.39 Å². The van der Waals surface area contributed by atoms with Gasteiger partial charge in [0, 0.05) is 36.7 Å². The van der Waals surface area contributed by atoms with E-state index >= 15 is 0 Å². The number of piperidine rings is 1. The molecule has 1 aliphatic rings. The van der Waals surface area contributed by atoms with Crippen LogP contribution in [-0.4, -0.2) is 48.0 Å². The van der Waals surface area contributed by atoms with Crippen LogP contribution in [0.25, 0.3) is 10.9 Å². The van der Waals surface area contributed by atoms with Crippen LogP contribution < -0.4 is 0 Å². The second kappa shape index (κ2) is 8.89. The number of nitrogens with zero attached hydrogens (tertiary/aromatic N) is 2. The number of rotatable bonds is 7. The number of benzene rings is 2. The number of para-hydroxylation sites is 1. The van der Waals surface area contributed by atoms with Crippen LogP contribution in [-0.2, 0) is 13.0 Å². The van der Waals surface area contributed by atoms with Crippen molar-refractivity contribution < 1.29 is 4.39 Å². The van der Waals surface area contributed by atoms with Crippen LogP contribution in [0, 0.1) is 11.7 Å². The van der Waals surface area contributed by atoms with Gasteiger partial charge in [-0.2, -0.15) is 0 Å². The Hall–Kier alpha value is -2.17. The molecule has 0 atom stereocenters. The number of H-pyrrole nitrogens is 1. The maximum atomic E-state index is 13.0. The summed E-state index contributed by atoms with van der Waals surface area (Å²) >= 11 is 0. The van der Waals surface area contributed by atoms with E-state index in [4.69, 9.17) is 0 Å². The van der Waals surface area contributed by atoms with Crippen LogP contribution >= 0.6 is 0 Å². The summed E-state index contributed by atoms with van der Waals surface area (Å²) in [6, 6.07) is 15.5. The Labute approximate surface area is 167 Å². The largest absolute Gasteiger partial charge is 0.361 e. The Kier molecular flexibility index (Phi) is 6.08. The maximum absolute atomic E-state index is 13.0. The number of halogens is 1. The molecule has 1 aliphatic heterocycles. The van der Waals surface area contributed by atoms with Gasteiger partial charge in [-0.1, -0.05) is 30.3 Å². The van der Waals surface area contributed by atoms with Crippen LogP contribution in [0.15, 0.2) is 54.7 Å². The van der Waals surface area contributed by atoms with Gasteiger partial charge in [-0.3, -0.25) is 0 Å². The van der Waals surface area contributed by atoms with Crippen molar-refractivity contribution in [2.75, 3.05) is 33.2 Å². The van der Waals surface area contributed by atoms with E-state index in [0.717, 1.165) is 32.0 Å². The Morgan fingerprint density at radius 1 is 1.07 bits per heavy atom. The first-order valence-corrected chi connectivity index (χ1v) is 10.4. The molecule has 1 N–H and O–H groups in total. The van der Waals surface area contributed by atoms with E-state index < -0.39 is 0 Å². The minimum absolute atomic E-state index is 0.152. The zero-order valence-electron chi connectivity index (χ0n) is 16.7. The van der Waals surface area contributed by atoms with Crippen molar-refractivity contribution in [2.45, 2.75) is 25.8 Å². The van der Waals surface area contributed by atoms with E-state index in [2.05, 4.69) is 52.3 Å². The maximum Gasteiger partial charge on any atom is 0.123 e. The van der Waals surface area contributed by atoms with Gasteiger partial charge in [-0.05, 0) is 74.6 Å². The molecule has 0 saturated carbocycles. The van der Waals surface area contributed by atoms with Gasteiger partial charge in [0.2, 0.25) is 0 Å². The SMILES string of the molecule is CN(Cc1c[nH]c2ccccc12)CC1CCN(CCc2ccc(F)cc2)CC1. The topological polar surface area (TPSA) is 22.3 Å². The molecule has 2 heterocycles. The van der Waals surface area contributed by atoms with Crippen molar-refractivity contribution in [2.24, 2.45) is 5.92 Å². The van der Waals surface area contributed by atoms with E-state index in [0.29, 0.717) is 0 Å². The molecule has 4 rings (SSSR count). The van der Waals surface area contributed by atoms with Crippen molar-refractivity contribution in [1.29, 1.82) is 0 Å². The molecule has 0 unspecified atom stereocenters. The predicted octanol–water partition coefficient (Wildman–Crippen LogP) is 4.69. The van der Waals surface area contributed by atoms with E-state index in [1.807, 2.05) is 12.1 Å². The normalized spacial score (nSPS) is 16.2. The lowest BCUT2D eigenvalue weighted by molar-refractivity contribution is 0.153. The van der Waals surface area contributed by atoms with Crippen molar-refractivity contribution in [3.8, 4) is 0 Å². The fourth-order valence-electron chi connectivity index (χ4n) is 4.39. The summed E-state index contributed by atoms with van der Waals surface area (Å²) in [5.74, 6) is 0.624. The van der Waals surface area contributed by atoms with E-state index in [1.165, 1.54) is 48.0 Å². The van der Waals surface area contributed by atoms with Gasteiger partial charge in [0.15, 0.2) is 0 Å². The zero-order valence-corrected chi connectivity index (χ0v) is 16.7. The van der Waals surface area contributed by atoms with E-state index in [9.17, 15) is 4.39 Å². The average Bonchev–Trinajstić information content (AvgIpc) is 3.11. The molecule has 2 aromatic carbocycles. The number of nitrogens with one attached hydrogen (secondary N) is 1. The van der Waals surface area contributed by atoms with Gasteiger partial charge in [-0.15, -0.1) is 0 Å². The molecule has 0 bridgehead atoms.